The Morgan fingerprint density at radius 2 is 2.33 bits per heavy atom. The van der Waals surface area contributed by atoms with Crippen LogP contribution in [0.1, 0.15) is 18.4 Å². The van der Waals surface area contributed by atoms with E-state index in [4.69, 9.17) is 16.3 Å². The number of urea groups is 1. The number of amides is 2. The fourth-order valence-electron chi connectivity index (χ4n) is 3.19. The SMILES string of the molecule is C=CCOCC1(C2CC2)c2cc(Cl)ccc2NC(=O)N1C. The predicted molar refractivity (Wildman–Crippen MR) is 83.7 cm³/mol. The van der Waals surface area contributed by atoms with Crippen LogP contribution in [0.3, 0.4) is 0 Å². The molecule has 1 atom stereocenters. The molecule has 3 rings (SSSR count). The summed E-state index contributed by atoms with van der Waals surface area (Å²) in [5.41, 5.74) is 1.44. The van der Waals surface area contributed by atoms with E-state index < -0.39 is 5.54 Å². The molecule has 0 saturated heterocycles. The van der Waals surface area contributed by atoms with Gasteiger partial charge in [-0.2, -0.15) is 0 Å². The van der Waals surface area contributed by atoms with Gasteiger partial charge in [-0.25, -0.2) is 4.79 Å². The summed E-state index contributed by atoms with van der Waals surface area (Å²) in [6.07, 6.45) is 3.92. The summed E-state index contributed by atoms with van der Waals surface area (Å²) in [4.78, 5) is 14.1. The highest BCUT2D eigenvalue weighted by Gasteiger charge is 2.54. The van der Waals surface area contributed by atoms with Crippen molar-refractivity contribution in [2.24, 2.45) is 5.92 Å². The Kier molecular flexibility index (Phi) is 3.68. The number of carbonyl (C=O) groups excluding carboxylic acids is 1. The Morgan fingerprint density at radius 1 is 1.57 bits per heavy atom. The fourth-order valence-corrected chi connectivity index (χ4v) is 3.36. The van der Waals surface area contributed by atoms with Crippen LogP contribution in [0.2, 0.25) is 5.02 Å². The second kappa shape index (κ2) is 5.35. The Morgan fingerprint density at radius 3 is 3.00 bits per heavy atom. The minimum atomic E-state index is -0.439. The summed E-state index contributed by atoms with van der Waals surface area (Å²) in [7, 11) is 1.83. The lowest BCUT2D eigenvalue weighted by Crippen LogP contribution is -2.56. The van der Waals surface area contributed by atoms with Crippen LogP contribution in [0.4, 0.5) is 10.5 Å². The number of hydrogen-bond donors (Lipinski definition) is 1. The minimum absolute atomic E-state index is 0.0982. The number of nitrogens with zero attached hydrogens (tertiary/aromatic N) is 1. The molecule has 1 saturated carbocycles. The molecule has 2 aliphatic rings. The van der Waals surface area contributed by atoms with E-state index in [0.29, 0.717) is 24.2 Å². The zero-order valence-electron chi connectivity index (χ0n) is 12.1. The van der Waals surface area contributed by atoms with E-state index >= 15 is 0 Å². The summed E-state index contributed by atoms with van der Waals surface area (Å²) in [5.74, 6) is 0.413. The highest BCUT2D eigenvalue weighted by atomic mass is 35.5. The van der Waals surface area contributed by atoms with Crippen LogP contribution in [0, 0.1) is 5.92 Å². The van der Waals surface area contributed by atoms with Crippen molar-refractivity contribution in [3.8, 4) is 0 Å². The summed E-state index contributed by atoms with van der Waals surface area (Å²) < 4.78 is 5.76. The van der Waals surface area contributed by atoms with Crippen molar-refractivity contribution >= 4 is 23.3 Å². The van der Waals surface area contributed by atoms with Crippen molar-refractivity contribution in [3.05, 3.63) is 41.4 Å². The molecule has 4 nitrogen and oxygen atoms in total. The maximum atomic E-state index is 12.3. The molecule has 1 aromatic carbocycles. The number of likely N-dealkylation sites (N-methyl/N-ethyl adjacent to an activating group) is 1. The molecule has 0 bridgehead atoms. The maximum Gasteiger partial charge on any atom is 0.322 e. The molecule has 1 heterocycles. The van der Waals surface area contributed by atoms with Gasteiger partial charge in [-0.05, 0) is 37.0 Å². The number of carbonyl (C=O) groups is 1. The second-order valence-electron chi connectivity index (χ2n) is 5.68. The number of rotatable bonds is 5. The predicted octanol–water partition coefficient (Wildman–Crippen LogP) is 3.63. The second-order valence-corrected chi connectivity index (χ2v) is 6.12. The molecule has 1 aliphatic heterocycles. The van der Waals surface area contributed by atoms with Crippen LogP contribution in [0.15, 0.2) is 30.9 Å². The molecule has 0 aromatic heterocycles. The average Bonchev–Trinajstić information content (AvgIpc) is 3.29. The molecule has 1 aromatic rings. The first-order chi connectivity index (χ1) is 10.1. The van der Waals surface area contributed by atoms with E-state index in [9.17, 15) is 4.79 Å². The van der Waals surface area contributed by atoms with Crippen molar-refractivity contribution in [1.82, 2.24) is 4.90 Å². The molecule has 1 unspecified atom stereocenters. The van der Waals surface area contributed by atoms with E-state index in [-0.39, 0.29) is 6.03 Å². The molecular formula is C16H19ClN2O2. The lowest BCUT2D eigenvalue weighted by molar-refractivity contribution is 0.0156. The van der Waals surface area contributed by atoms with Crippen molar-refractivity contribution < 1.29 is 9.53 Å². The van der Waals surface area contributed by atoms with Gasteiger partial charge in [0.05, 0.1) is 18.8 Å². The van der Waals surface area contributed by atoms with Gasteiger partial charge < -0.3 is 15.0 Å². The molecule has 5 heteroatoms. The number of ether oxygens (including phenoxy) is 1. The van der Waals surface area contributed by atoms with Crippen LogP contribution in [-0.2, 0) is 10.3 Å². The zero-order valence-corrected chi connectivity index (χ0v) is 12.8. The van der Waals surface area contributed by atoms with Crippen molar-refractivity contribution in [2.45, 2.75) is 18.4 Å². The van der Waals surface area contributed by atoms with Crippen LogP contribution < -0.4 is 5.32 Å². The van der Waals surface area contributed by atoms with E-state index in [1.807, 2.05) is 19.2 Å². The molecular weight excluding hydrogens is 288 g/mol. The standard InChI is InChI=1S/C16H19ClN2O2/c1-3-8-21-10-16(11-4-5-11)13-9-12(17)6-7-14(13)18-15(20)19(16)2/h3,6-7,9,11H,1,4-5,8,10H2,2H3,(H,18,20). The smallest absolute Gasteiger partial charge is 0.322 e. The number of nitrogens with one attached hydrogen (secondary N) is 1. The number of halogens is 1. The molecule has 0 spiro atoms. The number of benzene rings is 1. The molecule has 112 valence electrons. The van der Waals surface area contributed by atoms with Crippen molar-refractivity contribution in [1.29, 1.82) is 0 Å². The van der Waals surface area contributed by atoms with Crippen LogP contribution in [0.25, 0.3) is 0 Å². The van der Waals surface area contributed by atoms with Gasteiger partial charge in [-0.1, -0.05) is 17.7 Å². The van der Waals surface area contributed by atoms with Crippen molar-refractivity contribution in [3.63, 3.8) is 0 Å². The quantitative estimate of drug-likeness (QED) is 0.667. The van der Waals surface area contributed by atoms with E-state index in [2.05, 4.69) is 11.9 Å². The van der Waals surface area contributed by atoms with Gasteiger partial charge in [0.2, 0.25) is 0 Å². The number of hydrogen-bond acceptors (Lipinski definition) is 2. The first-order valence-electron chi connectivity index (χ1n) is 7.13. The molecule has 2 amide bonds. The lowest BCUT2D eigenvalue weighted by atomic mass is 9.81. The monoisotopic (exact) mass is 306 g/mol. The maximum absolute atomic E-state index is 12.3. The summed E-state index contributed by atoms with van der Waals surface area (Å²) >= 11 is 6.19. The highest BCUT2D eigenvalue weighted by Crippen LogP contribution is 2.53. The van der Waals surface area contributed by atoms with Gasteiger partial charge in [-0.3, -0.25) is 0 Å². The van der Waals surface area contributed by atoms with Crippen LogP contribution >= 0.6 is 11.6 Å². The number of anilines is 1. The normalized spacial score (nSPS) is 24.5. The third-order valence-corrected chi connectivity index (χ3v) is 4.64. The Labute approximate surface area is 129 Å². The van der Waals surface area contributed by atoms with Crippen molar-refractivity contribution in [2.75, 3.05) is 25.6 Å². The third-order valence-electron chi connectivity index (χ3n) is 4.40. The molecule has 1 aliphatic carbocycles. The summed E-state index contributed by atoms with van der Waals surface area (Å²) in [6.45, 7) is 4.61. The van der Waals surface area contributed by atoms with Crippen LogP contribution in [-0.4, -0.2) is 31.2 Å². The van der Waals surface area contributed by atoms with Gasteiger partial charge in [0, 0.05) is 23.3 Å². The van der Waals surface area contributed by atoms with Gasteiger partial charge >= 0.3 is 6.03 Å². The van der Waals surface area contributed by atoms with E-state index in [0.717, 1.165) is 24.1 Å². The van der Waals surface area contributed by atoms with Gasteiger partial charge in [0.1, 0.15) is 0 Å². The zero-order chi connectivity index (χ0) is 15.0. The molecule has 1 N–H and O–H groups in total. The molecule has 21 heavy (non-hydrogen) atoms. The molecule has 0 radical (unpaired) electrons. The largest absolute Gasteiger partial charge is 0.375 e. The van der Waals surface area contributed by atoms with E-state index in [1.165, 1.54) is 0 Å². The Balaban J connectivity index is 2.09. The minimum Gasteiger partial charge on any atom is -0.375 e. The number of fused-ring (bicyclic) bond motifs is 1. The topological polar surface area (TPSA) is 41.6 Å². The Bertz CT molecular complexity index is 586. The third kappa shape index (κ3) is 2.32. The van der Waals surface area contributed by atoms with Gasteiger partial charge in [0.15, 0.2) is 0 Å². The lowest BCUT2D eigenvalue weighted by Gasteiger charge is -2.46. The van der Waals surface area contributed by atoms with E-state index in [1.54, 1.807) is 17.0 Å². The average molecular weight is 307 g/mol. The summed E-state index contributed by atoms with van der Waals surface area (Å²) in [6, 6.07) is 5.52. The Hall–Kier alpha value is -1.52. The molecule has 1 fully saturated rings. The van der Waals surface area contributed by atoms with Gasteiger partial charge in [-0.15, -0.1) is 6.58 Å². The summed E-state index contributed by atoms with van der Waals surface area (Å²) in [5, 5.41) is 3.59. The first-order valence-corrected chi connectivity index (χ1v) is 7.51. The fraction of sp³-hybridized carbons (Fsp3) is 0.438. The van der Waals surface area contributed by atoms with Gasteiger partial charge in [0.25, 0.3) is 0 Å². The first kappa shape index (κ1) is 14.4. The van der Waals surface area contributed by atoms with Crippen LogP contribution in [0.5, 0.6) is 0 Å². The highest BCUT2D eigenvalue weighted by molar-refractivity contribution is 6.30.